The van der Waals surface area contributed by atoms with Gasteiger partial charge in [0.05, 0.1) is 22.4 Å². The van der Waals surface area contributed by atoms with Crippen molar-refractivity contribution in [2.24, 2.45) is 0 Å². The van der Waals surface area contributed by atoms with Crippen LogP contribution in [0, 0.1) is 0 Å². The molecular weight excluding hydrogens is 965 g/mol. The van der Waals surface area contributed by atoms with Gasteiger partial charge < -0.3 is 9.47 Å². The number of aromatic nitrogens is 1. The normalized spacial score (nSPS) is 13.8. The third kappa shape index (κ3) is 10.1. The van der Waals surface area contributed by atoms with E-state index < -0.39 is 0 Å². The van der Waals surface area contributed by atoms with Gasteiger partial charge in [0.15, 0.2) is 0 Å². The van der Waals surface area contributed by atoms with Crippen molar-refractivity contribution in [3.05, 3.63) is 178 Å². The van der Waals surface area contributed by atoms with Gasteiger partial charge in [0.1, 0.15) is 0 Å². The lowest BCUT2D eigenvalue weighted by Crippen LogP contribution is -2.23. The van der Waals surface area contributed by atoms with Crippen LogP contribution < -0.4 is 4.90 Å². The van der Waals surface area contributed by atoms with E-state index in [0.717, 1.165) is 0 Å². The van der Waals surface area contributed by atoms with Crippen molar-refractivity contribution in [2.75, 3.05) is 4.90 Å². The summed E-state index contributed by atoms with van der Waals surface area (Å²) >= 11 is 0. The highest BCUT2D eigenvalue weighted by molar-refractivity contribution is 6.27. The third-order valence-electron chi connectivity index (χ3n) is 17.5. The Hall–Kier alpha value is -6.38. The van der Waals surface area contributed by atoms with Gasteiger partial charge in [-0.15, -0.1) is 0 Å². The molecule has 2 nitrogen and oxygen atoms in total. The lowest BCUT2D eigenvalue weighted by molar-refractivity contribution is 0.566. The third-order valence-corrected chi connectivity index (χ3v) is 17.5. The maximum atomic E-state index is 2.64. The fraction of sp³-hybridized carbons (Fsp3) is 0.410. The molecule has 0 N–H and O–H groups in total. The molecule has 0 fully saturated rings. The zero-order valence-corrected chi connectivity index (χ0v) is 53.6. The van der Waals surface area contributed by atoms with E-state index in [1.807, 2.05) is 0 Å². The van der Waals surface area contributed by atoms with Crippen LogP contribution in [-0.2, 0) is 43.3 Å². The van der Waals surface area contributed by atoms with Crippen LogP contribution in [0.15, 0.2) is 133 Å². The Labute approximate surface area is 482 Å². The second-order valence-corrected chi connectivity index (χ2v) is 32.2. The van der Waals surface area contributed by atoms with E-state index in [9.17, 15) is 0 Å². The van der Waals surface area contributed by atoms with Crippen LogP contribution in [-0.4, -0.2) is 4.57 Å². The highest BCUT2D eigenvalue weighted by Crippen LogP contribution is 2.52. The van der Waals surface area contributed by atoms with Crippen LogP contribution in [0.2, 0.25) is 0 Å². The molecule has 80 heavy (non-hydrogen) atoms. The number of nitrogens with zero attached hydrogens (tertiary/aromatic N) is 2. The number of hydrogen-bond acceptors (Lipinski definition) is 1. The van der Waals surface area contributed by atoms with E-state index >= 15 is 0 Å². The maximum absolute atomic E-state index is 2.64. The second kappa shape index (κ2) is 18.6. The molecule has 0 amide bonds. The predicted molar refractivity (Wildman–Crippen MR) is 354 cm³/mol. The number of hydrogen-bond donors (Lipinski definition) is 0. The van der Waals surface area contributed by atoms with Gasteiger partial charge in [0, 0.05) is 32.9 Å². The van der Waals surface area contributed by atoms with Crippen molar-refractivity contribution in [1.29, 1.82) is 0 Å². The number of benzene rings is 9. The lowest BCUT2D eigenvalue weighted by Gasteiger charge is -2.36. The van der Waals surface area contributed by atoms with Gasteiger partial charge in [-0.1, -0.05) is 239 Å². The minimum absolute atomic E-state index is 0.0179. The molecular formula is C78H94N2. The zero-order chi connectivity index (χ0) is 58.6. The molecule has 0 bridgehead atoms. The molecule has 0 aliphatic rings. The zero-order valence-electron chi connectivity index (χ0n) is 53.6. The van der Waals surface area contributed by atoms with Crippen LogP contribution in [0.3, 0.4) is 0 Å². The SMILES string of the molecule is CC(C)(C)c1cc(-c2c(C(C)(C)C)cc(N(c3cc(C(C)(C)C)cc(C(C)(C)C)c3)c3ccc4ccc5c(-n6c7ccc(C(C)(C)C)cc7c7cc(C(C)(C)C)ccc76)ccc6ccc3c4c65)cc2C(C)(C)C)cc(C(C)(C)C)c1. The van der Waals surface area contributed by atoms with Crippen LogP contribution in [0.5, 0.6) is 0 Å². The van der Waals surface area contributed by atoms with Crippen molar-refractivity contribution in [1.82, 2.24) is 4.57 Å². The minimum Gasteiger partial charge on any atom is -0.310 e. The second-order valence-electron chi connectivity index (χ2n) is 32.2. The van der Waals surface area contributed by atoms with Crippen molar-refractivity contribution in [2.45, 2.75) is 209 Å². The van der Waals surface area contributed by atoms with E-state index in [-0.39, 0.29) is 43.3 Å². The summed E-state index contributed by atoms with van der Waals surface area (Å²) in [6.45, 7) is 56.8. The molecule has 10 rings (SSSR count). The van der Waals surface area contributed by atoms with Gasteiger partial charge in [-0.3, -0.25) is 0 Å². The number of rotatable bonds is 5. The maximum Gasteiger partial charge on any atom is 0.0541 e. The first kappa shape index (κ1) is 56.9. The molecule has 1 aromatic heterocycles. The first-order valence-corrected chi connectivity index (χ1v) is 29.8. The van der Waals surface area contributed by atoms with E-state index in [4.69, 9.17) is 0 Å². The summed E-state index contributed by atoms with van der Waals surface area (Å²) in [5, 5.41) is 10.2. The molecule has 0 unspecified atom stereocenters. The van der Waals surface area contributed by atoms with Gasteiger partial charge in [-0.25, -0.2) is 0 Å². The Balaban J connectivity index is 1.32. The molecule has 9 aromatic carbocycles. The first-order valence-electron chi connectivity index (χ1n) is 29.8. The van der Waals surface area contributed by atoms with Crippen molar-refractivity contribution in [3.8, 4) is 16.8 Å². The molecule has 0 saturated heterocycles. The quantitative estimate of drug-likeness (QED) is 0.156. The number of fused-ring (bicyclic) bond motifs is 3. The summed E-state index contributed by atoms with van der Waals surface area (Å²) in [5.74, 6) is 0. The van der Waals surface area contributed by atoms with Gasteiger partial charge in [-0.05, 0) is 181 Å². The van der Waals surface area contributed by atoms with Crippen molar-refractivity contribution >= 4 is 71.2 Å². The number of anilines is 3. The fourth-order valence-electron chi connectivity index (χ4n) is 12.3. The van der Waals surface area contributed by atoms with E-state index in [0.29, 0.717) is 0 Å². The van der Waals surface area contributed by atoms with E-state index in [1.54, 1.807) is 0 Å². The minimum atomic E-state index is -0.199. The Morgan fingerprint density at radius 3 is 1.06 bits per heavy atom. The van der Waals surface area contributed by atoms with Gasteiger partial charge >= 0.3 is 0 Å². The van der Waals surface area contributed by atoms with Gasteiger partial charge in [0.2, 0.25) is 0 Å². The smallest absolute Gasteiger partial charge is 0.0541 e. The largest absolute Gasteiger partial charge is 0.310 e. The summed E-state index contributed by atoms with van der Waals surface area (Å²) in [5.41, 5.74) is 20.2. The molecule has 0 aliphatic carbocycles. The summed E-state index contributed by atoms with van der Waals surface area (Å²) in [6, 6.07) is 53.6. The average Bonchev–Trinajstić information content (AvgIpc) is 3.73. The Morgan fingerprint density at radius 2 is 0.650 bits per heavy atom. The molecule has 416 valence electrons. The Kier molecular flexibility index (Phi) is 13.2. The lowest BCUT2D eigenvalue weighted by atomic mass is 9.72. The predicted octanol–water partition coefficient (Wildman–Crippen LogP) is 23.2. The van der Waals surface area contributed by atoms with Gasteiger partial charge in [-0.2, -0.15) is 0 Å². The summed E-state index contributed by atoms with van der Waals surface area (Å²) in [7, 11) is 0. The standard InChI is InChI=1S/C78H94N2/c1-71(2,3)50-29-35-66-60(43-50)61-44-51(72(4,5)6)30-36-67(61)80(66)65-34-28-48-25-31-58-64(33-27-47-26-32-59(65)69(48)68(47)58)79(56-41-54(75(13,14)15)40-55(42-56)76(16,17)18)57-45-62(77(19,20)21)70(63(46-57)78(22,23)24)49-37-52(73(7,8)9)39-53(38-49)74(10,11)12/h25-46H,1-24H3. The molecule has 1 heterocycles. The molecule has 0 spiro atoms. The van der Waals surface area contributed by atoms with Crippen LogP contribution in [0.25, 0.3) is 70.9 Å². The highest BCUT2D eigenvalue weighted by Gasteiger charge is 2.33. The monoisotopic (exact) mass is 1060 g/mol. The van der Waals surface area contributed by atoms with Crippen LogP contribution >= 0.6 is 0 Å². The van der Waals surface area contributed by atoms with Gasteiger partial charge in [0.25, 0.3) is 0 Å². The van der Waals surface area contributed by atoms with E-state index in [2.05, 4.69) is 309 Å². The molecule has 10 aromatic rings. The molecule has 0 aliphatic heterocycles. The fourth-order valence-corrected chi connectivity index (χ4v) is 12.3. The summed E-state index contributed by atoms with van der Waals surface area (Å²) in [4.78, 5) is 2.64. The highest BCUT2D eigenvalue weighted by atomic mass is 15.1. The molecule has 0 saturated carbocycles. The topological polar surface area (TPSA) is 8.17 Å². The molecule has 2 heteroatoms. The Bertz CT molecular complexity index is 3880. The Morgan fingerprint density at radius 1 is 0.287 bits per heavy atom. The molecule has 0 atom stereocenters. The first-order chi connectivity index (χ1) is 36.7. The average molecular weight is 1060 g/mol. The summed E-state index contributed by atoms with van der Waals surface area (Å²) in [6.07, 6.45) is 0. The van der Waals surface area contributed by atoms with Crippen LogP contribution in [0.1, 0.15) is 211 Å². The van der Waals surface area contributed by atoms with Crippen LogP contribution in [0.4, 0.5) is 17.1 Å². The summed E-state index contributed by atoms with van der Waals surface area (Å²) < 4.78 is 2.56. The van der Waals surface area contributed by atoms with E-state index in [1.165, 1.54) is 133 Å². The van der Waals surface area contributed by atoms with Crippen molar-refractivity contribution < 1.29 is 0 Å². The van der Waals surface area contributed by atoms with Crippen molar-refractivity contribution in [3.63, 3.8) is 0 Å². The molecule has 0 radical (unpaired) electrons.